The molecule has 1 aromatic heterocycles. The zero-order valence-electron chi connectivity index (χ0n) is 15.4. The van der Waals surface area contributed by atoms with E-state index in [1.165, 1.54) is 23.1 Å². The van der Waals surface area contributed by atoms with Crippen molar-refractivity contribution in [1.29, 1.82) is 0 Å². The van der Waals surface area contributed by atoms with Crippen LogP contribution in [0, 0.1) is 6.92 Å². The predicted octanol–water partition coefficient (Wildman–Crippen LogP) is 3.98. The summed E-state index contributed by atoms with van der Waals surface area (Å²) in [7, 11) is 0. The number of thiazole rings is 1. The van der Waals surface area contributed by atoms with Crippen LogP contribution >= 0.6 is 23.1 Å². The summed E-state index contributed by atoms with van der Waals surface area (Å²) >= 11 is 2.68. The standard InChI is InChI=1S/C20H21N3O3S2/c1-13-19(27-12-17(21)24)28-20(22-13)23-18(25)10-5-11-26-16-9-4-7-14-6-2-3-8-15(14)16/h2-4,6-9H,5,10-12H2,1H3,(H2,21,24)(H,22,23,25). The van der Waals surface area contributed by atoms with Crippen LogP contribution in [0.15, 0.2) is 46.7 Å². The van der Waals surface area contributed by atoms with Gasteiger partial charge in [0, 0.05) is 11.8 Å². The lowest BCUT2D eigenvalue weighted by Crippen LogP contribution is -2.12. The maximum absolute atomic E-state index is 12.1. The van der Waals surface area contributed by atoms with Gasteiger partial charge in [0.25, 0.3) is 0 Å². The number of aromatic nitrogens is 1. The van der Waals surface area contributed by atoms with Gasteiger partial charge in [-0.15, -0.1) is 11.8 Å². The maximum atomic E-state index is 12.1. The molecule has 0 aliphatic carbocycles. The van der Waals surface area contributed by atoms with Crippen LogP contribution in [0.25, 0.3) is 10.8 Å². The lowest BCUT2D eigenvalue weighted by molar-refractivity contribution is -0.116. The second-order valence-electron chi connectivity index (χ2n) is 6.12. The summed E-state index contributed by atoms with van der Waals surface area (Å²) in [6.45, 7) is 2.30. The molecule has 2 aromatic carbocycles. The van der Waals surface area contributed by atoms with Crippen molar-refractivity contribution >= 4 is 50.8 Å². The quantitative estimate of drug-likeness (QED) is 0.407. The van der Waals surface area contributed by atoms with E-state index in [0.717, 1.165) is 26.4 Å². The molecule has 6 nitrogen and oxygen atoms in total. The highest BCUT2D eigenvalue weighted by molar-refractivity contribution is 8.01. The van der Waals surface area contributed by atoms with Crippen LogP contribution in [0.5, 0.6) is 5.75 Å². The van der Waals surface area contributed by atoms with Crippen molar-refractivity contribution in [2.75, 3.05) is 17.7 Å². The molecule has 1 heterocycles. The first-order valence-electron chi connectivity index (χ1n) is 8.82. The van der Waals surface area contributed by atoms with Gasteiger partial charge in [0.2, 0.25) is 11.8 Å². The zero-order chi connectivity index (χ0) is 19.9. The van der Waals surface area contributed by atoms with E-state index in [1.54, 1.807) is 0 Å². The number of nitrogens with two attached hydrogens (primary N) is 1. The number of nitrogens with one attached hydrogen (secondary N) is 1. The summed E-state index contributed by atoms with van der Waals surface area (Å²) in [6, 6.07) is 14.0. The van der Waals surface area contributed by atoms with Crippen LogP contribution in [-0.4, -0.2) is 29.2 Å². The summed E-state index contributed by atoms with van der Waals surface area (Å²) in [4.78, 5) is 27.4. The Kier molecular flexibility index (Phi) is 6.89. The van der Waals surface area contributed by atoms with Crippen LogP contribution < -0.4 is 15.8 Å². The number of amides is 2. The smallest absolute Gasteiger partial charge is 0.227 e. The average molecular weight is 416 g/mol. The largest absolute Gasteiger partial charge is 0.493 e. The Morgan fingerprint density at radius 2 is 2.00 bits per heavy atom. The van der Waals surface area contributed by atoms with Gasteiger partial charge >= 0.3 is 0 Å². The number of carbonyl (C=O) groups is 2. The molecular formula is C20H21N3O3S2. The van der Waals surface area contributed by atoms with Crippen LogP contribution in [0.3, 0.4) is 0 Å². The minimum atomic E-state index is -0.380. The summed E-state index contributed by atoms with van der Waals surface area (Å²) in [6.07, 6.45) is 0.940. The molecule has 0 radical (unpaired) electrons. The molecule has 3 aromatic rings. The molecule has 0 fully saturated rings. The van der Waals surface area contributed by atoms with Gasteiger partial charge < -0.3 is 15.8 Å². The van der Waals surface area contributed by atoms with Crippen molar-refractivity contribution in [3.63, 3.8) is 0 Å². The molecule has 0 saturated heterocycles. The lowest BCUT2D eigenvalue weighted by atomic mass is 10.1. The first-order valence-corrected chi connectivity index (χ1v) is 10.6. The fourth-order valence-electron chi connectivity index (χ4n) is 2.62. The number of aryl methyl sites for hydroxylation is 1. The van der Waals surface area contributed by atoms with Crippen molar-refractivity contribution in [3.05, 3.63) is 48.2 Å². The Morgan fingerprint density at radius 1 is 1.21 bits per heavy atom. The molecule has 0 unspecified atom stereocenters. The SMILES string of the molecule is Cc1nc(NC(=O)CCCOc2cccc3ccccc23)sc1SCC(N)=O. The summed E-state index contributed by atoms with van der Waals surface area (Å²) in [5.74, 6) is 0.531. The number of rotatable bonds is 9. The molecule has 0 aliphatic heterocycles. The van der Waals surface area contributed by atoms with E-state index in [1.807, 2.05) is 49.4 Å². The van der Waals surface area contributed by atoms with Gasteiger partial charge in [-0.2, -0.15) is 0 Å². The molecule has 0 atom stereocenters. The first kappa shape index (κ1) is 20.2. The van der Waals surface area contributed by atoms with Crippen LogP contribution in [0.2, 0.25) is 0 Å². The third-order valence-electron chi connectivity index (χ3n) is 3.90. The van der Waals surface area contributed by atoms with Gasteiger partial charge in [-0.25, -0.2) is 4.98 Å². The maximum Gasteiger partial charge on any atom is 0.227 e. The average Bonchev–Trinajstić information content (AvgIpc) is 3.02. The molecular weight excluding hydrogens is 394 g/mol. The number of primary amides is 1. The molecule has 28 heavy (non-hydrogen) atoms. The number of hydrogen-bond donors (Lipinski definition) is 2. The molecule has 146 valence electrons. The van der Waals surface area contributed by atoms with E-state index in [4.69, 9.17) is 10.5 Å². The summed E-state index contributed by atoms with van der Waals surface area (Å²) < 4.78 is 6.74. The Labute approximate surface area is 171 Å². The number of ether oxygens (including phenoxy) is 1. The number of benzene rings is 2. The van der Waals surface area contributed by atoms with Gasteiger partial charge in [-0.3, -0.25) is 9.59 Å². The second-order valence-corrected chi connectivity index (χ2v) is 8.37. The normalized spacial score (nSPS) is 10.8. The van der Waals surface area contributed by atoms with Gasteiger partial charge in [0.15, 0.2) is 5.13 Å². The summed E-state index contributed by atoms with van der Waals surface area (Å²) in [5.41, 5.74) is 5.94. The molecule has 8 heteroatoms. The zero-order valence-corrected chi connectivity index (χ0v) is 17.1. The Bertz CT molecular complexity index is 982. The van der Waals surface area contributed by atoms with Crippen LogP contribution in [0.1, 0.15) is 18.5 Å². The van der Waals surface area contributed by atoms with E-state index in [0.29, 0.717) is 24.6 Å². The highest BCUT2D eigenvalue weighted by Gasteiger charge is 2.12. The van der Waals surface area contributed by atoms with Crippen molar-refractivity contribution in [2.45, 2.75) is 24.0 Å². The number of fused-ring (bicyclic) bond motifs is 1. The third kappa shape index (κ3) is 5.46. The predicted molar refractivity (Wildman–Crippen MR) is 114 cm³/mol. The third-order valence-corrected chi connectivity index (χ3v) is 6.36. The Morgan fingerprint density at radius 3 is 2.82 bits per heavy atom. The molecule has 0 spiro atoms. The van der Waals surface area contributed by atoms with Crippen molar-refractivity contribution in [2.24, 2.45) is 5.73 Å². The number of anilines is 1. The second kappa shape index (κ2) is 9.57. The molecule has 0 saturated carbocycles. The minimum Gasteiger partial charge on any atom is -0.493 e. The van der Waals surface area contributed by atoms with Crippen molar-refractivity contribution in [3.8, 4) is 5.75 Å². The highest BCUT2D eigenvalue weighted by atomic mass is 32.2. The fourth-order valence-corrected chi connectivity index (χ4v) is 4.52. The van der Waals surface area contributed by atoms with Gasteiger partial charge in [0.05, 0.1) is 22.3 Å². The molecule has 2 amide bonds. The van der Waals surface area contributed by atoms with E-state index >= 15 is 0 Å². The van der Waals surface area contributed by atoms with E-state index in [2.05, 4.69) is 10.3 Å². The van der Waals surface area contributed by atoms with E-state index < -0.39 is 0 Å². The van der Waals surface area contributed by atoms with Gasteiger partial charge in [-0.1, -0.05) is 47.7 Å². The van der Waals surface area contributed by atoms with Crippen LogP contribution in [-0.2, 0) is 9.59 Å². The Balaban J connectivity index is 1.46. The molecule has 3 rings (SSSR count). The lowest BCUT2D eigenvalue weighted by Gasteiger charge is -2.09. The minimum absolute atomic E-state index is 0.110. The highest BCUT2D eigenvalue weighted by Crippen LogP contribution is 2.32. The Hall–Kier alpha value is -2.58. The monoisotopic (exact) mass is 415 g/mol. The van der Waals surface area contributed by atoms with E-state index in [9.17, 15) is 9.59 Å². The molecule has 3 N–H and O–H groups in total. The van der Waals surface area contributed by atoms with E-state index in [-0.39, 0.29) is 17.6 Å². The number of thioether (sulfide) groups is 1. The fraction of sp³-hybridized carbons (Fsp3) is 0.250. The van der Waals surface area contributed by atoms with Gasteiger partial charge in [-0.05, 0) is 24.8 Å². The van der Waals surface area contributed by atoms with Gasteiger partial charge in [0.1, 0.15) is 5.75 Å². The number of hydrogen-bond acceptors (Lipinski definition) is 6. The number of nitrogens with zero attached hydrogens (tertiary/aromatic N) is 1. The van der Waals surface area contributed by atoms with Crippen LogP contribution in [0.4, 0.5) is 5.13 Å². The molecule has 0 aliphatic rings. The molecule has 0 bridgehead atoms. The van der Waals surface area contributed by atoms with Crippen molar-refractivity contribution in [1.82, 2.24) is 4.98 Å². The first-order chi connectivity index (χ1) is 13.5. The number of carbonyl (C=O) groups excluding carboxylic acids is 2. The summed E-state index contributed by atoms with van der Waals surface area (Å²) in [5, 5.41) is 5.52. The topological polar surface area (TPSA) is 94.3 Å². The van der Waals surface area contributed by atoms with Crippen molar-refractivity contribution < 1.29 is 14.3 Å².